The summed E-state index contributed by atoms with van der Waals surface area (Å²) >= 11 is 0. The maximum absolute atomic E-state index is 12.1. The Hall–Kier alpha value is -2.83. The van der Waals surface area contributed by atoms with Crippen LogP contribution < -0.4 is 15.0 Å². The topological polar surface area (TPSA) is 84.7 Å². The number of rotatable bonds is 6. The molecule has 2 aromatic rings. The van der Waals surface area contributed by atoms with Crippen LogP contribution in [0.2, 0.25) is 0 Å². The molecule has 23 heavy (non-hydrogen) atoms. The summed E-state index contributed by atoms with van der Waals surface area (Å²) in [6.45, 7) is 5.42. The summed E-state index contributed by atoms with van der Waals surface area (Å²) in [5.41, 5.74) is 0.623. The second-order valence-corrected chi connectivity index (χ2v) is 4.91. The Kier molecular flexibility index (Phi) is 5.35. The summed E-state index contributed by atoms with van der Waals surface area (Å²) in [6.07, 6.45) is 0. The fourth-order valence-electron chi connectivity index (χ4n) is 1.98. The van der Waals surface area contributed by atoms with Crippen LogP contribution in [0.15, 0.2) is 34.9 Å². The number of aromatic nitrogens is 1. The Morgan fingerprint density at radius 2 is 2.00 bits per heavy atom. The first kappa shape index (κ1) is 16.5. The number of nitrogens with zero attached hydrogens (tertiary/aromatic N) is 2. The first-order chi connectivity index (χ1) is 11.0. The standard InChI is InChI=1S/C16H19N3O4/c1-4-22-14-7-5-13(6-8-14)17-16(21)10-19(12(3)20)15-9-11(2)23-18-15/h5-9H,4,10H2,1-3H3,(H,17,21). The van der Waals surface area contributed by atoms with Gasteiger partial charge in [0.05, 0.1) is 6.61 Å². The highest BCUT2D eigenvalue weighted by molar-refractivity contribution is 6.01. The predicted octanol–water partition coefficient (Wildman–Crippen LogP) is 2.37. The fraction of sp³-hybridized carbons (Fsp3) is 0.312. The predicted molar refractivity (Wildman–Crippen MR) is 85.5 cm³/mol. The minimum absolute atomic E-state index is 0.144. The van der Waals surface area contributed by atoms with Crippen LogP contribution in [0, 0.1) is 6.92 Å². The van der Waals surface area contributed by atoms with Crippen molar-refractivity contribution in [3.05, 3.63) is 36.1 Å². The van der Waals surface area contributed by atoms with E-state index < -0.39 is 0 Å². The normalized spacial score (nSPS) is 10.2. The number of hydrogen-bond donors (Lipinski definition) is 1. The largest absolute Gasteiger partial charge is 0.494 e. The van der Waals surface area contributed by atoms with Gasteiger partial charge in [0.2, 0.25) is 11.8 Å². The summed E-state index contributed by atoms with van der Waals surface area (Å²) in [6, 6.07) is 8.61. The van der Waals surface area contributed by atoms with E-state index in [0.717, 1.165) is 5.75 Å². The lowest BCUT2D eigenvalue weighted by Gasteiger charge is -2.17. The molecule has 0 aliphatic heterocycles. The van der Waals surface area contributed by atoms with Crippen LogP contribution in [0.25, 0.3) is 0 Å². The highest BCUT2D eigenvalue weighted by Crippen LogP contribution is 2.17. The lowest BCUT2D eigenvalue weighted by atomic mass is 10.3. The summed E-state index contributed by atoms with van der Waals surface area (Å²) in [5.74, 6) is 0.995. The van der Waals surface area contributed by atoms with E-state index >= 15 is 0 Å². The Labute approximate surface area is 134 Å². The molecule has 2 rings (SSSR count). The Morgan fingerprint density at radius 3 is 2.52 bits per heavy atom. The van der Waals surface area contributed by atoms with Crippen molar-refractivity contribution < 1.29 is 18.8 Å². The molecule has 0 saturated carbocycles. The van der Waals surface area contributed by atoms with Gasteiger partial charge in [0.1, 0.15) is 18.1 Å². The molecule has 1 heterocycles. The van der Waals surface area contributed by atoms with Crippen molar-refractivity contribution in [2.45, 2.75) is 20.8 Å². The van der Waals surface area contributed by atoms with Crippen molar-refractivity contribution in [1.82, 2.24) is 5.16 Å². The smallest absolute Gasteiger partial charge is 0.244 e. The van der Waals surface area contributed by atoms with Crippen molar-refractivity contribution in [1.29, 1.82) is 0 Å². The number of aryl methyl sites for hydroxylation is 1. The third-order valence-corrected chi connectivity index (χ3v) is 3.02. The average molecular weight is 317 g/mol. The van der Waals surface area contributed by atoms with E-state index in [1.54, 1.807) is 37.3 Å². The average Bonchev–Trinajstić information content (AvgIpc) is 2.93. The van der Waals surface area contributed by atoms with E-state index in [4.69, 9.17) is 9.26 Å². The molecule has 0 fully saturated rings. The van der Waals surface area contributed by atoms with Crippen molar-refractivity contribution in [2.75, 3.05) is 23.4 Å². The molecule has 2 amide bonds. The minimum Gasteiger partial charge on any atom is -0.494 e. The van der Waals surface area contributed by atoms with E-state index in [1.165, 1.54) is 11.8 Å². The van der Waals surface area contributed by atoms with Gasteiger partial charge in [0.15, 0.2) is 5.82 Å². The Balaban J connectivity index is 2.00. The van der Waals surface area contributed by atoms with E-state index in [2.05, 4.69) is 10.5 Å². The van der Waals surface area contributed by atoms with Gasteiger partial charge in [-0.15, -0.1) is 0 Å². The Bertz CT molecular complexity index is 679. The molecule has 1 N–H and O–H groups in total. The number of nitrogens with one attached hydrogen (secondary N) is 1. The van der Waals surface area contributed by atoms with Crippen molar-refractivity contribution in [2.24, 2.45) is 0 Å². The van der Waals surface area contributed by atoms with E-state index in [-0.39, 0.29) is 18.4 Å². The molecule has 1 aromatic carbocycles. The monoisotopic (exact) mass is 317 g/mol. The van der Waals surface area contributed by atoms with E-state index in [9.17, 15) is 9.59 Å². The second-order valence-electron chi connectivity index (χ2n) is 4.91. The number of carbonyl (C=O) groups excluding carboxylic acids is 2. The Morgan fingerprint density at radius 1 is 1.30 bits per heavy atom. The van der Waals surface area contributed by atoms with Crippen molar-refractivity contribution in [3.8, 4) is 5.75 Å². The zero-order chi connectivity index (χ0) is 16.8. The lowest BCUT2D eigenvalue weighted by Crippen LogP contribution is -2.36. The molecule has 1 aromatic heterocycles. The van der Waals surface area contributed by atoms with Crippen LogP contribution in [-0.2, 0) is 9.59 Å². The summed E-state index contributed by atoms with van der Waals surface area (Å²) in [4.78, 5) is 25.1. The van der Waals surface area contributed by atoms with Crippen LogP contribution in [0.1, 0.15) is 19.6 Å². The van der Waals surface area contributed by atoms with Gasteiger partial charge < -0.3 is 14.6 Å². The zero-order valence-corrected chi connectivity index (χ0v) is 13.3. The van der Waals surface area contributed by atoms with Gasteiger partial charge in [-0.25, -0.2) is 0 Å². The molecule has 0 unspecified atom stereocenters. The molecule has 0 atom stereocenters. The number of carbonyl (C=O) groups is 2. The van der Waals surface area contributed by atoms with E-state index in [0.29, 0.717) is 23.9 Å². The third-order valence-electron chi connectivity index (χ3n) is 3.02. The summed E-state index contributed by atoms with van der Waals surface area (Å²) < 4.78 is 10.3. The third kappa shape index (κ3) is 4.57. The van der Waals surface area contributed by atoms with Gasteiger partial charge in [0.25, 0.3) is 0 Å². The van der Waals surface area contributed by atoms with Crippen molar-refractivity contribution in [3.63, 3.8) is 0 Å². The van der Waals surface area contributed by atoms with Crippen LogP contribution in [0.5, 0.6) is 5.75 Å². The molecule has 0 saturated heterocycles. The molecule has 0 radical (unpaired) electrons. The number of anilines is 2. The van der Waals surface area contributed by atoms with Gasteiger partial charge >= 0.3 is 0 Å². The maximum Gasteiger partial charge on any atom is 0.244 e. The molecule has 7 heteroatoms. The molecular formula is C16H19N3O4. The van der Waals surface area contributed by atoms with Crippen molar-refractivity contribution >= 4 is 23.3 Å². The fourth-order valence-corrected chi connectivity index (χ4v) is 1.98. The SMILES string of the molecule is CCOc1ccc(NC(=O)CN(C(C)=O)c2cc(C)on2)cc1. The van der Waals surface area contributed by atoms with Gasteiger partial charge in [-0.1, -0.05) is 5.16 Å². The van der Waals surface area contributed by atoms with Crippen LogP contribution in [0.4, 0.5) is 11.5 Å². The molecule has 7 nitrogen and oxygen atoms in total. The van der Waals surface area contributed by atoms with Gasteiger partial charge in [-0.3, -0.25) is 14.5 Å². The first-order valence-corrected chi connectivity index (χ1v) is 7.23. The molecule has 122 valence electrons. The minimum atomic E-state index is -0.329. The summed E-state index contributed by atoms with van der Waals surface area (Å²) in [5, 5.41) is 6.49. The maximum atomic E-state index is 12.1. The summed E-state index contributed by atoms with van der Waals surface area (Å²) in [7, 11) is 0. The highest BCUT2D eigenvalue weighted by atomic mass is 16.5. The number of ether oxygens (including phenoxy) is 1. The van der Waals surface area contributed by atoms with Gasteiger partial charge in [-0.2, -0.15) is 0 Å². The number of amides is 2. The van der Waals surface area contributed by atoms with Gasteiger partial charge in [-0.05, 0) is 38.1 Å². The quantitative estimate of drug-likeness (QED) is 0.884. The molecule has 0 aliphatic rings. The second kappa shape index (κ2) is 7.44. The first-order valence-electron chi connectivity index (χ1n) is 7.23. The van der Waals surface area contributed by atoms with Crippen LogP contribution in [-0.4, -0.2) is 30.1 Å². The molecular weight excluding hydrogens is 298 g/mol. The number of benzene rings is 1. The zero-order valence-electron chi connectivity index (χ0n) is 13.3. The lowest BCUT2D eigenvalue weighted by molar-refractivity contribution is -0.120. The van der Waals surface area contributed by atoms with Crippen LogP contribution >= 0.6 is 0 Å². The molecule has 0 bridgehead atoms. The molecule has 0 spiro atoms. The van der Waals surface area contributed by atoms with Gasteiger partial charge in [0, 0.05) is 18.7 Å². The van der Waals surface area contributed by atoms with E-state index in [1.807, 2.05) is 6.92 Å². The molecule has 0 aliphatic carbocycles. The highest BCUT2D eigenvalue weighted by Gasteiger charge is 2.19. The number of hydrogen-bond acceptors (Lipinski definition) is 5. The van der Waals surface area contributed by atoms with Crippen LogP contribution in [0.3, 0.4) is 0 Å².